The average molecular weight is 198 g/mol. The summed E-state index contributed by atoms with van der Waals surface area (Å²) in [5.74, 6) is -0.764. The van der Waals surface area contributed by atoms with Crippen molar-refractivity contribution in [2.24, 2.45) is 0 Å². The van der Waals surface area contributed by atoms with E-state index < -0.39 is 16.4 Å². The first-order valence-corrected chi connectivity index (χ1v) is 4.18. The van der Waals surface area contributed by atoms with Gasteiger partial charge in [-0.05, 0) is 14.0 Å². The highest BCUT2D eigenvalue weighted by Gasteiger charge is 2.19. The molecule has 1 atom stereocenters. The Morgan fingerprint density at radius 3 is 2.71 bits per heavy atom. The Hall–Kier alpha value is -1.49. The summed E-state index contributed by atoms with van der Waals surface area (Å²) >= 11 is 0. The minimum atomic E-state index is -0.764. The minimum absolute atomic E-state index is 0.241. The fraction of sp³-hybridized carbons (Fsp3) is 0.333. The van der Waals surface area contributed by atoms with Crippen LogP contribution in [0.2, 0.25) is 0 Å². The van der Waals surface area contributed by atoms with Gasteiger partial charge in [0, 0.05) is 17.7 Å². The van der Waals surface area contributed by atoms with Crippen LogP contribution in [-0.2, 0) is 0 Å². The Morgan fingerprint density at radius 1 is 1.57 bits per heavy atom. The largest absolute Gasteiger partial charge is 0.313 e. The van der Waals surface area contributed by atoms with Gasteiger partial charge in [-0.3, -0.25) is 10.1 Å². The van der Waals surface area contributed by atoms with Crippen molar-refractivity contribution in [2.45, 2.75) is 13.0 Å². The van der Waals surface area contributed by atoms with Crippen LogP contribution in [0.4, 0.5) is 10.1 Å². The van der Waals surface area contributed by atoms with E-state index in [2.05, 4.69) is 5.32 Å². The third kappa shape index (κ3) is 1.88. The van der Waals surface area contributed by atoms with Crippen molar-refractivity contribution in [3.63, 3.8) is 0 Å². The molecule has 0 saturated carbocycles. The van der Waals surface area contributed by atoms with Crippen LogP contribution in [0.25, 0.3) is 0 Å². The summed E-state index contributed by atoms with van der Waals surface area (Å²) < 4.78 is 13.5. The van der Waals surface area contributed by atoms with Crippen LogP contribution in [-0.4, -0.2) is 12.0 Å². The highest BCUT2D eigenvalue weighted by molar-refractivity contribution is 5.38. The van der Waals surface area contributed by atoms with Gasteiger partial charge < -0.3 is 5.32 Å². The molecule has 0 saturated heterocycles. The second-order valence-electron chi connectivity index (χ2n) is 2.95. The summed E-state index contributed by atoms with van der Waals surface area (Å²) in [5.41, 5.74) is -0.175. The summed E-state index contributed by atoms with van der Waals surface area (Å²) in [4.78, 5) is 9.71. The maximum atomic E-state index is 13.5. The number of hydrogen-bond donors (Lipinski definition) is 1. The fourth-order valence-corrected chi connectivity index (χ4v) is 1.17. The van der Waals surface area contributed by atoms with Gasteiger partial charge in [0.15, 0.2) is 0 Å². The van der Waals surface area contributed by atoms with Crippen LogP contribution in [0, 0.1) is 15.9 Å². The maximum Gasteiger partial charge on any atom is 0.305 e. The van der Waals surface area contributed by atoms with Gasteiger partial charge in [0.25, 0.3) is 0 Å². The van der Waals surface area contributed by atoms with Crippen molar-refractivity contribution in [2.75, 3.05) is 7.05 Å². The van der Waals surface area contributed by atoms with Crippen LogP contribution in [0.1, 0.15) is 18.5 Å². The Bertz CT molecular complexity index is 355. The van der Waals surface area contributed by atoms with Crippen LogP contribution in [0.15, 0.2) is 18.2 Å². The van der Waals surface area contributed by atoms with Crippen molar-refractivity contribution >= 4 is 5.69 Å². The topological polar surface area (TPSA) is 55.2 Å². The molecule has 5 heteroatoms. The molecule has 0 heterocycles. The third-order valence-corrected chi connectivity index (χ3v) is 2.10. The lowest BCUT2D eigenvalue weighted by atomic mass is 10.1. The van der Waals surface area contributed by atoms with E-state index in [9.17, 15) is 14.5 Å². The molecule has 0 amide bonds. The first-order chi connectivity index (χ1) is 6.57. The van der Waals surface area contributed by atoms with E-state index in [0.29, 0.717) is 5.56 Å². The summed E-state index contributed by atoms with van der Waals surface area (Å²) in [5, 5.41) is 13.3. The number of nitro benzene ring substituents is 1. The first kappa shape index (κ1) is 10.6. The molecule has 14 heavy (non-hydrogen) atoms. The minimum Gasteiger partial charge on any atom is -0.313 e. The van der Waals surface area contributed by atoms with Gasteiger partial charge >= 0.3 is 5.69 Å². The van der Waals surface area contributed by atoms with Crippen LogP contribution in [0.5, 0.6) is 0 Å². The summed E-state index contributed by atoms with van der Waals surface area (Å²) in [6, 6.07) is 3.92. The molecule has 0 aromatic heterocycles. The van der Waals surface area contributed by atoms with Crippen molar-refractivity contribution < 1.29 is 9.31 Å². The van der Waals surface area contributed by atoms with E-state index in [-0.39, 0.29) is 6.04 Å². The van der Waals surface area contributed by atoms with E-state index in [1.54, 1.807) is 14.0 Å². The van der Waals surface area contributed by atoms with E-state index in [0.717, 1.165) is 6.07 Å². The SMILES string of the molecule is CNC(C)c1cccc([N+](=O)[O-])c1F. The van der Waals surface area contributed by atoms with Crippen LogP contribution < -0.4 is 5.32 Å². The van der Waals surface area contributed by atoms with Gasteiger partial charge in [0.1, 0.15) is 0 Å². The van der Waals surface area contributed by atoms with Gasteiger partial charge in [0.05, 0.1) is 4.92 Å². The second-order valence-corrected chi connectivity index (χ2v) is 2.95. The monoisotopic (exact) mass is 198 g/mol. The molecule has 4 nitrogen and oxygen atoms in total. The first-order valence-electron chi connectivity index (χ1n) is 4.18. The maximum absolute atomic E-state index is 13.5. The average Bonchev–Trinajstić information content (AvgIpc) is 2.16. The zero-order valence-electron chi connectivity index (χ0n) is 7.95. The van der Waals surface area contributed by atoms with Gasteiger partial charge in [-0.2, -0.15) is 4.39 Å². The molecule has 0 bridgehead atoms. The summed E-state index contributed by atoms with van der Waals surface area (Å²) in [6.45, 7) is 1.74. The van der Waals surface area contributed by atoms with Crippen LogP contribution >= 0.6 is 0 Å². The number of nitro groups is 1. The lowest BCUT2D eigenvalue weighted by Crippen LogP contribution is -2.14. The number of nitrogens with zero attached hydrogens (tertiary/aromatic N) is 1. The molecule has 0 fully saturated rings. The number of rotatable bonds is 3. The predicted molar refractivity (Wildman–Crippen MR) is 50.5 cm³/mol. The highest BCUT2D eigenvalue weighted by atomic mass is 19.1. The van der Waals surface area contributed by atoms with E-state index in [1.807, 2.05) is 0 Å². The molecule has 0 spiro atoms. The number of hydrogen-bond acceptors (Lipinski definition) is 3. The standard InChI is InChI=1S/C9H11FN2O2/c1-6(11-2)7-4-3-5-8(9(7)10)12(13)14/h3-6,11H,1-2H3. The van der Waals surface area contributed by atoms with Gasteiger partial charge in [-0.15, -0.1) is 0 Å². The molecule has 1 rings (SSSR count). The zero-order valence-corrected chi connectivity index (χ0v) is 7.95. The highest BCUT2D eigenvalue weighted by Crippen LogP contribution is 2.24. The Morgan fingerprint density at radius 2 is 2.21 bits per heavy atom. The van der Waals surface area contributed by atoms with E-state index in [1.165, 1.54) is 12.1 Å². The van der Waals surface area contributed by atoms with Crippen molar-refractivity contribution in [1.29, 1.82) is 0 Å². The van der Waals surface area contributed by atoms with E-state index >= 15 is 0 Å². The lowest BCUT2D eigenvalue weighted by molar-refractivity contribution is -0.387. The Labute approximate surface area is 80.9 Å². The van der Waals surface area contributed by atoms with Crippen molar-refractivity contribution in [1.82, 2.24) is 5.32 Å². The van der Waals surface area contributed by atoms with Gasteiger partial charge in [0.2, 0.25) is 5.82 Å². The fourth-order valence-electron chi connectivity index (χ4n) is 1.17. The summed E-state index contributed by atoms with van der Waals surface area (Å²) in [7, 11) is 1.67. The van der Waals surface area contributed by atoms with Crippen molar-refractivity contribution in [3.8, 4) is 0 Å². The quantitative estimate of drug-likeness (QED) is 0.597. The molecule has 0 aliphatic carbocycles. The summed E-state index contributed by atoms with van der Waals surface area (Å²) in [6.07, 6.45) is 0. The molecule has 0 radical (unpaired) electrons. The smallest absolute Gasteiger partial charge is 0.305 e. The molecule has 0 aliphatic heterocycles. The van der Waals surface area contributed by atoms with Crippen LogP contribution in [0.3, 0.4) is 0 Å². The normalized spacial score (nSPS) is 12.5. The molecule has 76 valence electrons. The molecular formula is C9H11FN2O2. The lowest BCUT2D eigenvalue weighted by Gasteiger charge is -2.10. The second kappa shape index (κ2) is 4.15. The number of nitrogens with one attached hydrogen (secondary N) is 1. The molecule has 0 aliphatic rings. The molecule has 1 unspecified atom stereocenters. The molecule has 1 N–H and O–H groups in total. The molecule has 1 aromatic rings. The third-order valence-electron chi connectivity index (χ3n) is 2.10. The number of benzene rings is 1. The van der Waals surface area contributed by atoms with Gasteiger partial charge in [-0.1, -0.05) is 12.1 Å². The number of halogens is 1. The zero-order chi connectivity index (χ0) is 10.7. The Kier molecular flexibility index (Phi) is 3.14. The molecule has 1 aromatic carbocycles. The van der Waals surface area contributed by atoms with Crippen molar-refractivity contribution in [3.05, 3.63) is 39.7 Å². The Balaban J connectivity index is 3.20. The van der Waals surface area contributed by atoms with E-state index in [4.69, 9.17) is 0 Å². The predicted octanol–water partition coefficient (Wildman–Crippen LogP) is 2.01. The molecular weight excluding hydrogens is 187 g/mol. The van der Waals surface area contributed by atoms with Gasteiger partial charge in [-0.25, -0.2) is 0 Å².